The van der Waals surface area contributed by atoms with Crippen molar-refractivity contribution in [3.05, 3.63) is 59.4 Å². The van der Waals surface area contributed by atoms with Gasteiger partial charge in [0.05, 0.1) is 5.69 Å². The highest BCUT2D eigenvalue weighted by molar-refractivity contribution is 5.48. The number of phenols is 1. The molecule has 0 aliphatic heterocycles. The zero-order valence-corrected chi connectivity index (χ0v) is 10.9. The molecule has 0 aliphatic carbocycles. The Morgan fingerprint density at radius 1 is 1.00 bits per heavy atom. The highest BCUT2D eigenvalue weighted by Crippen LogP contribution is 2.25. The SMILES string of the molecule is CCN(Cc1cc(F)c(O)c(F)c1)c1ccccc1F. The highest BCUT2D eigenvalue weighted by atomic mass is 19.1. The van der Waals surface area contributed by atoms with Crippen LogP contribution in [0.3, 0.4) is 0 Å². The minimum Gasteiger partial charge on any atom is -0.503 e. The van der Waals surface area contributed by atoms with Gasteiger partial charge in [-0.05, 0) is 36.8 Å². The van der Waals surface area contributed by atoms with Crippen LogP contribution in [0.5, 0.6) is 5.75 Å². The van der Waals surface area contributed by atoms with Crippen LogP contribution in [-0.2, 0) is 6.54 Å². The average Bonchev–Trinajstić information content (AvgIpc) is 2.43. The molecule has 2 aromatic rings. The third-order valence-electron chi connectivity index (χ3n) is 3.02. The second kappa shape index (κ2) is 5.86. The Kier molecular flexibility index (Phi) is 4.17. The van der Waals surface area contributed by atoms with Crippen LogP contribution < -0.4 is 4.90 Å². The summed E-state index contributed by atoms with van der Waals surface area (Å²) in [7, 11) is 0. The topological polar surface area (TPSA) is 23.5 Å². The number of para-hydroxylation sites is 1. The molecule has 5 heteroatoms. The van der Waals surface area contributed by atoms with Gasteiger partial charge in [-0.15, -0.1) is 0 Å². The minimum absolute atomic E-state index is 0.144. The molecule has 2 nitrogen and oxygen atoms in total. The van der Waals surface area contributed by atoms with Crippen molar-refractivity contribution in [2.45, 2.75) is 13.5 Å². The van der Waals surface area contributed by atoms with E-state index in [1.807, 2.05) is 6.92 Å². The molecule has 0 aliphatic rings. The van der Waals surface area contributed by atoms with Gasteiger partial charge in [0.25, 0.3) is 0 Å². The molecule has 2 rings (SSSR count). The summed E-state index contributed by atoms with van der Waals surface area (Å²) in [6.45, 7) is 2.44. The lowest BCUT2D eigenvalue weighted by molar-refractivity contribution is 0.395. The Labute approximate surface area is 115 Å². The summed E-state index contributed by atoms with van der Waals surface area (Å²) < 4.78 is 40.3. The van der Waals surface area contributed by atoms with E-state index in [1.165, 1.54) is 6.07 Å². The number of benzene rings is 2. The quantitative estimate of drug-likeness (QED) is 0.920. The summed E-state index contributed by atoms with van der Waals surface area (Å²) >= 11 is 0. The zero-order valence-electron chi connectivity index (χ0n) is 10.9. The molecule has 2 aromatic carbocycles. The number of rotatable bonds is 4. The maximum atomic E-state index is 13.7. The number of aromatic hydroxyl groups is 1. The highest BCUT2D eigenvalue weighted by Gasteiger charge is 2.14. The van der Waals surface area contributed by atoms with Crippen molar-refractivity contribution in [3.8, 4) is 5.75 Å². The fraction of sp³-hybridized carbons (Fsp3) is 0.200. The first-order valence-corrected chi connectivity index (χ1v) is 6.19. The number of halogens is 3. The van der Waals surface area contributed by atoms with Gasteiger partial charge in [-0.1, -0.05) is 12.1 Å². The van der Waals surface area contributed by atoms with E-state index in [4.69, 9.17) is 5.11 Å². The van der Waals surface area contributed by atoms with Gasteiger partial charge in [0.2, 0.25) is 0 Å². The maximum Gasteiger partial charge on any atom is 0.187 e. The first-order chi connectivity index (χ1) is 9.52. The molecular formula is C15H14F3NO. The van der Waals surface area contributed by atoms with Crippen molar-refractivity contribution in [2.24, 2.45) is 0 Å². The molecule has 0 unspecified atom stereocenters. The van der Waals surface area contributed by atoms with Crippen LogP contribution in [0.2, 0.25) is 0 Å². The molecule has 0 amide bonds. The standard InChI is InChI=1S/C15H14F3NO/c1-2-19(14-6-4-3-5-11(14)16)9-10-7-12(17)15(20)13(18)8-10/h3-8,20H,2,9H2,1H3. The van der Waals surface area contributed by atoms with Gasteiger partial charge in [-0.25, -0.2) is 13.2 Å². The molecule has 20 heavy (non-hydrogen) atoms. The molecule has 0 aromatic heterocycles. The van der Waals surface area contributed by atoms with Crippen LogP contribution in [-0.4, -0.2) is 11.7 Å². The molecule has 0 bridgehead atoms. The molecule has 0 spiro atoms. The van der Waals surface area contributed by atoms with Crippen LogP contribution in [0.1, 0.15) is 12.5 Å². The predicted octanol–water partition coefficient (Wildman–Crippen LogP) is 3.84. The van der Waals surface area contributed by atoms with Crippen LogP contribution in [0, 0.1) is 17.5 Å². The van der Waals surface area contributed by atoms with Crippen LogP contribution in [0.25, 0.3) is 0 Å². The van der Waals surface area contributed by atoms with Gasteiger partial charge in [-0.2, -0.15) is 0 Å². The fourth-order valence-electron chi connectivity index (χ4n) is 2.01. The maximum absolute atomic E-state index is 13.7. The van der Waals surface area contributed by atoms with Gasteiger partial charge >= 0.3 is 0 Å². The van der Waals surface area contributed by atoms with Crippen molar-refractivity contribution in [1.82, 2.24) is 0 Å². The zero-order chi connectivity index (χ0) is 14.7. The van der Waals surface area contributed by atoms with Gasteiger partial charge in [0.1, 0.15) is 5.82 Å². The van der Waals surface area contributed by atoms with E-state index in [9.17, 15) is 13.2 Å². The Morgan fingerprint density at radius 3 is 2.15 bits per heavy atom. The molecule has 0 saturated carbocycles. The first kappa shape index (κ1) is 14.2. The van der Waals surface area contributed by atoms with Crippen molar-refractivity contribution >= 4 is 5.69 Å². The van der Waals surface area contributed by atoms with E-state index in [0.717, 1.165) is 12.1 Å². The number of hydrogen-bond donors (Lipinski definition) is 1. The van der Waals surface area contributed by atoms with E-state index >= 15 is 0 Å². The molecule has 0 radical (unpaired) electrons. The number of nitrogens with zero attached hydrogens (tertiary/aromatic N) is 1. The Morgan fingerprint density at radius 2 is 1.60 bits per heavy atom. The van der Waals surface area contributed by atoms with Crippen molar-refractivity contribution < 1.29 is 18.3 Å². The Balaban J connectivity index is 2.30. The van der Waals surface area contributed by atoms with Crippen molar-refractivity contribution in [1.29, 1.82) is 0 Å². The van der Waals surface area contributed by atoms with Crippen LogP contribution >= 0.6 is 0 Å². The van der Waals surface area contributed by atoms with Gasteiger partial charge in [0.15, 0.2) is 17.4 Å². The van der Waals surface area contributed by atoms with Gasteiger partial charge in [0, 0.05) is 13.1 Å². The van der Waals surface area contributed by atoms with E-state index < -0.39 is 23.2 Å². The van der Waals surface area contributed by atoms with E-state index in [-0.39, 0.29) is 6.54 Å². The monoisotopic (exact) mass is 281 g/mol. The summed E-state index contributed by atoms with van der Waals surface area (Å²) in [5.41, 5.74) is 0.687. The summed E-state index contributed by atoms with van der Waals surface area (Å²) in [5.74, 6) is -3.44. The van der Waals surface area contributed by atoms with Gasteiger partial charge < -0.3 is 10.0 Å². The number of phenolic OH excluding ortho intramolecular Hbond substituents is 1. The summed E-state index contributed by atoms with van der Waals surface area (Å²) in [5, 5.41) is 9.06. The van der Waals surface area contributed by atoms with Crippen LogP contribution in [0.15, 0.2) is 36.4 Å². The lowest BCUT2D eigenvalue weighted by atomic mass is 10.1. The Bertz CT molecular complexity index is 593. The normalized spacial score (nSPS) is 10.6. The second-order valence-corrected chi connectivity index (χ2v) is 4.37. The van der Waals surface area contributed by atoms with Crippen LogP contribution in [0.4, 0.5) is 18.9 Å². The lowest BCUT2D eigenvalue weighted by Gasteiger charge is -2.23. The van der Waals surface area contributed by atoms with E-state index in [0.29, 0.717) is 17.8 Å². The lowest BCUT2D eigenvalue weighted by Crippen LogP contribution is -2.23. The molecule has 0 saturated heterocycles. The van der Waals surface area contributed by atoms with Gasteiger partial charge in [-0.3, -0.25) is 0 Å². The third kappa shape index (κ3) is 2.87. The number of anilines is 1. The summed E-state index contributed by atoms with van der Waals surface area (Å²) in [6, 6.07) is 8.29. The first-order valence-electron chi connectivity index (χ1n) is 6.19. The molecule has 0 fully saturated rings. The predicted molar refractivity (Wildman–Crippen MR) is 71.1 cm³/mol. The second-order valence-electron chi connectivity index (χ2n) is 4.37. The van der Waals surface area contributed by atoms with E-state index in [2.05, 4.69) is 0 Å². The third-order valence-corrected chi connectivity index (χ3v) is 3.02. The van der Waals surface area contributed by atoms with E-state index in [1.54, 1.807) is 23.1 Å². The Hall–Kier alpha value is -2.17. The molecule has 0 heterocycles. The molecular weight excluding hydrogens is 267 g/mol. The van der Waals surface area contributed by atoms with Crippen molar-refractivity contribution in [3.63, 3.8) is 0 Å². The summed E-state index contributed by atoms with van der Waals surface area (Å²) in [6.07, 6.45) is 0. The van der Waals surface area contributed by atoms with Crippen molar-refractivity contribution in [2.75, 3.05) is 11.4 Å². The molecule has 1 N–H and O–H groups in total. The molecule has 0 atom stereocenters. The molecule has 106 valence electrons. The minimum atomic E-state index is -1.02. The summed E-state index contributed by atoms with van der Waals surface area (Å²) in [4.78, 5) is 1.65. The average molecular weight is 281 g/mol. The smallest absolute Gasteiger partial charge is 0.187 e. The largest absolute Gasteiger partial charge is 0.503 e. The number of hydrogen-bond acceptors (Lipinski definition) is 2. The fourth-order valence-corrected chi connectivity index (χ4v) is 2.01.